The van der Waals surface area contributed by atoms with Crippen LogP contribution in [0, 0.1) is 20.8 Å². The van der Waals surface area contributed by atoms with E-state index in [1.54, 1.807) is 0 Å². The first-order chi connectivity index (χ1) is 8.06. The molecule has 0 spiro atoms. The van der Waals surface area contributed by atoms with Crippen molar-refractivity contribution in [2.24, 2.45) is 0 Å². The molecule has 0 bridgehead atoms. The second kappa shape index (κ2) is 7.20. The Labute approximate surface area is 115 Å². The van der Waals surface area contributed by atoms with Crippen molar-refractivity contribution in [1.82, 2.24) is 0 Å². The van der Waals surface area contributed by atoms with Crippen molar-refractivity contribution in [3.8, 4) is 0 Å². The molecule has 0 heterocycles. The van der Waals surface area contributed by atoms with Gasteiger partial charge in [0, 0.05) is 4.83 Å². The van der Waals surface area contributed by atoms with Gasteiger partial charge in [0.25, 0.3) is 0 Å². The lowest BCUT2D eigenvalue weighted by Gasteiger charge is -2.17. The topological polar surface area (TPSA) is 0 Å². The molecular formula is C16H25Br. The van der Waals surface area contributed by atoms with Gasteiger partial charge in [0.1, 0.15) is 0 Å². The van der Waals surface area contributed by atoms with E-state index in [2.05, 4.69) is 55.8 Å². The fourth-order valence-corrected chi connectivity index (χ4v) is 3.63. The number of hydrogen-bond acceptors (Lipinski definition) is 0. The van der Waals surface area contributed by atoms with Gasteiger partial charge >= 0.3 is 0 Å². The minimum absolute atomic E-state index is 0.528. The predicted octanol–water partition coefficient (Wildman–Crippen LogP) is 6.02. The highest BCUT2D eigenvalue weighted by atomic mass is 79.9. The first-order valence-corrected chi connectivity index (χ1v) is 7.69. The Morgan fingerprint density at radius 3 is 2.12 bits per heavy atom. The average Bonchev–Trinajstić information content (AvgIpc) is 2.23. The van der Waals surface area contributed by atoms with Crippen LogP contribution in [0.4, 0.5) is 0 Å². The monoisotopic (exact) mass is 296 g/mol. The third-order valence-electron chi connectivity index (χ3n) is 3.36. The molecule has 1 aromatic rings. The van der Waals surface area contributed by atoms with Gasteiger partial charge in [0.15, 0.2) is 0 Å². The summed E-state index contributed by atoms with van der Waals surface area (Å²) >= 11 is 3.86. The van der Waals surface area contributed by atoms with Crippen LogP contribution in [0.15, 0.2) is 12.1 Å². The molecule has 0 saturated carbocycles. The summed E-state index contributed by atoms with van der Waals surface area (Å²) in [6, 6.07) is 4.59. The summed E-state index contributed by atoms with van der Waals surface area (Å²) in [6.45, 7) is 8.90. The van der Waals surface area contributed by atoms with Crippen molar-refractivity contribution < 1.29 is 0 Å². The van der Waals surface area contributed by atoms with Crippen LogP contribution in [0.2, 0.25) is 0 Å². The molecule has 0 saturated heterocycles. The molecule has 1 unspecified atom stereocenters. The molecule has 0 aromatic heterocycles. The van der Waals surface area contributed by atoms with Gasteiger partial charge < -0.3 is 0 Å². The Hall–Kier alpha value is -0.300. The van der Waals surface area contributed by atoms with Crippen LogP contribution in [-0.2, 0) is 0 Å². The Morgan fingerprint density at radius 1 is 1.00 bits per heavy atom. The molecular weight excluding hydrogens is 272 g/mol. The lowest BCUT2D eigenvalue weighted by molar-refractivity contribution is 0.628. The summed E-state index contributed by atoms with van der Waals surface area (Å²) in [7, 11) is 0. The maximum atomic E-state index is 3.86. The van der Waals surface area contributed by atoms with E-state index < -0.39 is 0 Å². The smallest absolute Gasteiger partial charge is 0.0400 e. The van der Waals surface area contributed by atoms with E-state index >= 15 is 0 Å². The average molecular weight is 297 g/mol. The standard InChI is InChI=1S/C16H25Br/c1-5-6-7-8-9-15(17)16-13(3)10-12(2)11-14(16)4/h10-11,15H,5-9H2,1-4H3. The molecule has 1 heteroatoms. The molecule has 1 rings (SSSR count). The lowest BCUT2D eigenvalue weighted by atomic mass is 9.95. The van der Waals surface area contributed by atoms with E-state index in [9.17, 15) is 0 Å². The summed E-state index contributed by atoms with van der Waals surface area (Å²) in [4.78, 5) is 0.528. The van der Waals surface area contributed by atoms with Crippen molar-refractivity contribution >= 4 is 15.9 Å². The Kier molecular flexibility index (Phi) is 6.26. The molecule has 1 aromatic carbocycles. The lowest BCUT2D eigenvalue weighted by Crippen LogP contribution is -1.98. The number of hydrogen-bond donors (Lipinski definition) is 0. The van der Waals surface area contributed by atoms with Crippen molar-refractivity contribution in [3.05, 3.63) is 34.4 Å². The molecule has 0 nitrogen and oxygen atoms in total. The molecule has 0 N–H and O–H groups in total. The molecule has 0 aliphatic carbocycles. The van der Waals surface area contributed by atoms with Gasteiger partial charge in [-0.15, -0.1) is 0 Å². The fraction of sp³-hybridized carbons (Fsp3) is 0.625. The van der Waals surface area contributed by atoms with E-state index in [0.717, 1.165) is 0 Å². The summed E-state index contributed by atoms with van der Waals surface area (Å²) in [5.41, 5.74) is 5.74. The van der Waals surface area contributed by atoms with Crippen LogP contribution >= 0.6 is 15.9 Å². The van der Waals surface area contributed by atoms with Crippen LogP contribution in [0.3, 0.4) is 0 Å². The van der Waals surface area contributed by atoms with E-state index in [-0.39, 0.29) is 0 Å². The molecule has 0 aliphatic heterocycles. The van der Waals surface area contributed by atoms with Gasteiger partial charge in [-0.1, -0.05) is 66.2 Å². The van der Waals surface area contributed by atoms with Crippen LogP contribution in [0.5, 0.6) is 0 Å². The first kappa shape index (κ1) is 14.8. The fourth-order valence-electron chi connectivity index (χ4n) is 2.58. The largest absolute Gasteiger partial charge is 0.0839 e. The number of halogens is 1. The van der Waals surface area contributed by atoms with Crippen molar-refractivity contribution in [2.45, 2.75) is 64.6 Å². The number of rotatable bonds is 6. The normalized spacial score (nSPS) is 12.8. The highest BCUT2D eigenvalue weighted by Crippen LogP contribution is 2.33. The highest BCUT2D eigenvalue weighted by molar-refractivity contribution is 9.09. The molecule has 0 fully saturated rings. The number of alkyl halides is 1. The zero-order valence-corrected chi connectivity index (χ0v) is 13.2. The molecule has 0 amide bonds. The molecule has 17 heavy (non-hydrogen) atoms. The molecule has 0 aliphatic rings. The quantitative estimate of drug-likeness (QED) is 0.445. The van der Waals surface area contributed by atoms with E-state index in [4.69, 9.17) is 0 Å². The van der Waals surface area contributed by atoms with Crippen molar-refractivity contribution in [3.63, 3.8) is 0 Å². The summed E-state index contributed by atoms with van der Waals surface area (Å²) in [5.74, 6) is 0. The molecule has 1 atom stereocenters. The Bertz CT molecular complexity index is 332. The molecule has 96 valence electrons. The minimum atomic E-state index is 0.528. The van der Waals surface area contributed by atoms with Gasteiger partial charge in [-0.05, 0) is 43.9 Å². The van der Waals surface area contributed by atoms with Crippen molar-refractivity contribution in [2.75, 3.05) is 0 Å². The van der Waals surface area contributed by atoms with E-state index in [0.29, 0.717) is 4.83 Å². The highest BCUT2D eigenvalue weighted by Gasteiger charge is 2.13. The third kappa shape index (κ3) is 4.46. The van der Waals surface area contributed by atoms with Crippen LogP contribution in [0.1, 0.15) is 66.1 Å². The zero-order valence-electron chi connectivity index (χ0n) is 11.6. The van der Waals surface area contributed by atoms with Gasteiger partial charge in [-0.25, -0.2) is 0 Å². The van der Waals surface area contributed by atoms with Gasteiger partial charge in [-0.2, -0.15) is 0 Å². The SMILES string of the molecule is CCCCCCC(Br)c1c(C)cc(C)cc1C. The van der Waals surface area contributed by atoms with E-state index in [1.165, 1.54) is 54.4 Å². The summed E-state index contributed by atoms with van der Waals surface area (Å²) in [6.07, 6.45) is 6.63. The third-order valence-corrected chi connectivity index (χ3v) is 4.28. The van der Waals surface area contributed by atoms with E-state index in [1.807, 2.05) is 0 Å². The van der Waals surface area contributed by atoms with Crippen molar-refractivity contribution in [1.29, 1.82) is 0 Å². The summed E-state index contributed by atoms with van der Waals surface area (Å²) < 4.78 is 0. The predicted molar refractivity (Wildman–Crippen MR) is 81.1 cm³/mol. The number of benzene rings is 1. The maximum Gasteiger partial charge on any atom is 0.0400 e. The zero-order chi connectivity index (χ0) is 12.8. The molecule has 0 radical (unpaired) electrons. The number of unbranched alkanes of at least 4 members (excludes halogenated alkanes) is 3. The minimum Gasteiger partial charge on any atom is -0.0839 e. The van der Waals surface area contributed by atoms with Gasteiger partial charge in [-0.3, -0.25) is 0 Å². The Balaban J connectivity index is 2.65. The van der Waals surface area contributed by atoms with Crippen LogP contribution in [0.25, 0.3) is 0 Å². The van der Waals surface area contributed by atoms with Crippen LogP contribution < -0.4 is 0 Å². The number of aryl methyl sites for hydroxylation is 3. The first-order valence-electron chi connectivity index (χ1n) is 6.78. The second-order valence-electron chi connectivity index (χ2n) is 5.13. The Morgan fingerprint density at radius 2 is 1.59 bits per heavy atom. The maximum absolute atomic E-state index is 3.86. The second-order valence-corrected chi connectivity index (χ2v) is 6.23. The van der Waals surface area contributed by atoms with Gasteiger partial charge in [0.05, 0.1) is 0 Å². The van der Waals surface area contributed by atoms with Gasteiger partial charge in [0.2, 0.25) is 0 Å². The summed E-state index contributed by atoms with van der Waals surface area (Å²) in [5, 5.41) is 0. The van der Waals surface area contributed by atoms with Crippen LogP contribution in [-0.4, -0.2) is 0 Å².